The number of furan rings is 1. The Hall–Kier alpha value is -3.21. The van der Waals surface area contributed by atoms with E-state index in [4.69, 9.17) is 18.6 Å². The van der Waals surface area contributed by atoms with Gasteiger partial charge in [-0.3, -0.25) is 0 Å². The number of methoxy groups -OCH3 is 1. The van der Waals surface area contributed by atoms with Gasteiger partial charge < -0.3 is 18.6 Å². The van der Waals surface area contributed by atoms with Gasteiger partial charge in [0.05, 0.1) is 7.11 Å². The van der Waals surface area contributed by atoms with Gasteiger partial charge in [0.2, 0.25) is 5.76 Å². The van der Waals surface area contributed by atoms with Gasteiger partial charge in [-0.05, 0) is 47.9 Å². The first kappa shape index (κ1) is 18.6. The number of ether oxygens (including phenoxy) is 3. The zero-order valence-corrected chi connectivity index (χ0v) is 15.6. The molecule has 0 aliphatic carbocycles. The zero-order chi connectivity index (χ0) is 19.2. The van der Waals surface area contributed by atoms with Crippen LogP contribution in [0.3, 0.4) is 0 Å². The fourth-order valence-electron chi connectivity index (χ4n) is 2.53. The minimum atomic E-state index is -0.546. The molecule has 0 amide bonds. The number of benzene rings is 2. The lowest BCUT2D eigenvalue weighted by atomic mass is 10.0. The van der Waals surface area contributed by atoms with Gasteiger partial charge in [0, 0.05) is 0 Å². The normalized spacial score (nSPS) is 10.7. The summed E-state index contributed by atoms with van der Waals surface area (Å²) in [7, 11) is 1.58. The molecule has 0 saturated carbocycles. The molecule has 0 aliphatic rings. The molecule has 0 aliphatic heterocycles. The lowest BCUT2D eigenvalue weighted by molar-refractivity contribution is 0.0697. The molecule has 5 heteroatoms. The molecule has 0 fully saturated rings. The Bertz CT molecular complexity index is 893. The Balaban J connectivity index is 1.60. The van der Waals surface area contributed by atoms with E-state index in [0.717, 1.165) is 0 Å². The molecule has 0 N–H and O–H groups in total. The standard InChI is InChI=1S/C22H22O5/c1-15(2)16-8-10-17(11-9-16)27-22(23)21-13-12-18(26-21)14-25-20-7-5-4-6-19(20)24-3/h4-13,15H,14H2,1-3H3. The van der Waals surface area contributed by atoms with Crippen molar-refractivity contribution in [3.63, 3.8) is 0 Å². The highest BCUT2D eigenvalue weighted by Crippen LogP contribution is 2.27. The highest BCUT2D eigenvalue weighted by molar-refractivity contribution is 5.88. The molecule has 27 heavy (non-hydrogen) atoms. The first-order valence-corrected chi connectivity index (χ1v) is 8.73. The van der Waals surface area contributed by atoms with Crippen molar-refractivity contribution in [2.45, 2.75) is 26.4 Å². The number of rotatable bonds is 7. The fraction of sp³-hybridized carbons (Fsp3) is 0.227. The first-order chi connectivity index (χ1) is 13.1. The Labute approximate surface area is 158 Å². The minimum absolute atomic E-state index is 0.126. The van der Waals surface area contributed by atoms with E-state index in [2.05, 4.69) is 13.8 Å². The van der Waals surface area contributed by atoms with Gasteiger partial charge in [0.1, 0.15) is 18.1 Å². The molecule has 2 aromatic carbocycles. The molecular formula is C22H22O5. The summed E-state index contributed by atoms with van der Waals surface area (Å²) in [6.45, 7) is 4.40. The summed E-state index contributed by atoms with van der Waals surface area (Å²) >= 11 is 0. The van der Waals surface area contributed by atoms with Gasteiger partial charge in [0.15, 0.2) is 11.5 Å². The van der Waals surface area contributed by atoms with Crippen LogP contribution >= 0.6 is 0 Å². The van der Waals surface area contributed by atoms with Crippen molar-refractivity contribution in [3.05, 3.63) is 77.7 Å². The van der Waals surface area contributed by atoms with Gasteiger partial charge in [-0.15, -0.1) is 0 Å². The Morgan fingerprint density at radius 2 is 1.67 bits per heavy atom. The Morgan fingerprint density at radius 3 is 2.33 bits per heavy atom. The maximum absolute atomic E-state index is 12.2. The van der Waals surface area contributed by atoms with Crippen LogP contribution in [0.4, 0.5) is 0 Å². The summed E-state index contributed by atoms with van der Waals surface area (Å²) in [6.07, 6.45) is 0. The van der Waals surface area contributed by atoms with E-state index in [-0.39, 0.29) is 12.4 Å². The van der Waals surface area contributed by atoms with Gasteiger partial charge in [0.25, 0.3) is 0 Å². The molecule has 0 bridgehead atoms. The van der Waals surface area contributed by atoms with Gasteiger partial charge in [-0.2, -0.15) is 0 Å². The summed E-state index contributed by atoms with van der Waals surface area (Å²) in [5, 5.41) is 0. The van der Waals surface area contributed by atoms with Crippen LogP contribution in [-0.2, 0) is 6.61 Å². The Kier molecular flexibility index (Phi) is 5.81. The van der Waals surface area contributed by atoms with E-state index < -0.39 is 5.97 Å². The molecule has 0 atom stereocenters. The quantitative estimate of drug-likeness (QED) is 0.424. The van der Waals surface area contributed by atoms with Crippen LogP contribution in [0, 0.1) is 0 Å². The smallest absolute Gasteiger partial charge is 0.379 e. The maximum atomic E-state index is 12.2. The molecule has 0 unspecified atom stereocenters. The van der Waals surface area contributed by atoms with E-state index in [1.807, 2.05) is 30.3 Å². The van der Waals surface area contributed by atoms with Crippen LogP contribution in [0.2, 0.25) is 0 Å². The highest BCUT2D eigenvalue weighted by Gasteiger charge is 2.15. The highest BCUT2D eigenvalue weighted by atomic mass is 16.6. The predicted molar refractivity (Wildman–Crippen MR) is 102 cm³/mol. The molecule has 0 radical (unpaired) electrons. The zero-order valence-electron chi connectivity index (χ0n) is 15.6. The first-order valence-electron chi connectivity index (χ1n) is 8.73. The van der Waals surface area contributed by atoms with Gasteiger partial charge in [-0.25, -0.2) is 4.79 Å². The third-order valence-corrected chi connectivity index (χ3v) is 4.06. The number of carbonyl (C=O) groups excluding carboxylic acids is 1. The second-order valence-electron chi connectivity index (χ2n) is 6.32. The van der Waals surface area contributed by atoms with Crippen molar-refractivity contribution < 1.29 is 23.4 Å². The summed E-state index contributed by atoms with van der Waals surface area (Å²) in [5.74, 6) is 2.23. The van der Waals surface area contributed by atoms with Crippen LogP contribution in [-0.4, -0.2) is 13.1 Å². The minimum Gasteiger partial charge on any atom is -0.493 e. The van der Waals surface area contributed by atoms with Crippen LogP contribution < -0.4 is 14.2 Å². The van der Waals surface area contributed by atoms with Crippen molar-refractivity contribution in [1.82, 2.24) is 0 Å². The van der Waals surface area contributed by atoms with Crippen LogP contribution in [0.5, 0.6) is 17.2 Å². The number of esters is 1. The van der Waals surface area contributed by atoms with Crippen molar-refractivity contribution in [2.24, 2.45) is 0 Å². The molecule has 1 aromatic heterocycles. The van der Waals surface area contributed by atoms with E-state index in [1.165, 1.54) is 5.56 Å². The molecule has 0 spiro atoms. The molecular weight excluding hydrogens is 344 g/mol. The third-order valence-electron chi connectivity index (χ3n) is 4.06. The summed E-state index contributed by atoms with van der Waals surface area (Å²) < 4.78 is 21.8. The summed E-state index contributed by atoms with van der Waals surface area (Å²) in [4.78, 5) is 12.2. The average molecular weight is 366 g/mol. The molecule has 1 heterocycles. The van der Waals surface area contributed by atoms with Crippen molar-refractivity contribution in [1.29, 1.82) is 0 Å². The van der Waals surface area contributed by atoms with Crippen LogP contribution in [0.1, 0.15) is 41.6 Å². The van der Waals surface area contributed by atoms with Crippen molar-refractivity contribution >= 4 is 5.97 Å². The van der Waals surface area contributed by atoms with Crippen molar-refractivity contribution in [2.75, 3.05) is 7.11 Å². The fourth-order valence-corrected chi connectivity index (χ4v) is 2.53. The number of para-hydroxylation sites is 2. The second-order valence-corrected chi connectivity index (χ2v) is 6.32. The summed E-state index contributed by atoms with van der Waals surface area (Å²) in [5.41, 5.74) is 1.18. The lowest BCUT2D eigenvalue weighted by Crippen LogP contribution is -2.07. The monoisotopic (exact) mass is 366 g/mol. The molecule has 3 aromatic rings. The SMILES string of the molecule is COc1ccccc1OCc1ccc(C(=O)Oc2ccc(C(C)C)cc2)o1. The molecule has 140 valence electrons. The molecule has 3 rings (SSSR count). The third kappa shape index (κ3) is 4.70. The van der Waals surface area contributed by atoms with E-state index in [9.17, 15) is 4.79 Å². The van der Waals surface area contributed by atoms with E-state index >= 15 is 0 Å². The molecule has 5 nitrogen and oxygen atoms in total. The number of carbonyl (C=O) groups is 1. The second kappa shape index (κ2) is 8.45. The van der Waals surface area contributed by atoms with Crippen LogP contribution in [0.15, 0.2) is 65.1 Å². The van der Waals surface area contributed by atoms with Gasteiger partial charge >= 0.3 is 5.97 Å². The van der Waals surface area contributed by atoms with E-state index in [1.54, 1.807) is 37.4 Å². The maximum Gasteiger partial charge on any atom is 0.379 e. The number of hydrogen-bond acceptors (Lipinski definition) is 5. The van der Waals surface area contributed by atoms with Crippen LogP contribution in [0.25, 0.3) is 0 Å². The number of hydrogen-bond donors (Lipinski definition) is 0. The lowest BCUT2D eigenvalue weighted by Gasteiger charge is -2.08. The average Bonchev–Trinajstić information content (AvgIpc) is 3.16. The Morgan fingerprint density at radius 1 is 0.963 bits per heavy atom. The summed E-state index contributed by atoms with van der Waals surface area (Å²) in [6, 6.07) is 18.0. The topological polar surface area (TPSA) is 57.9 Å². The van der Waals surface area contributed by atoms with E-state index in [0.29, 0.717) is 28.9 Å². The van der Waals surface area contributed by atoms with Gasteiger partial charge in [-0.1, -0.05) is 38.1 Å². The van der Waals surface area contributed by atoms with Crippen molar-refractivity contribution in [3.8, 4) is 17.2 Å². The molecule has 0 saturated heterocycles. The predicted octanol–water partition coefficient (Wildman–Crippen LogP) is 5.21. The largest absolute Gasteiger partial charge is 0.493 e.